The van der Waals surface area contributed by atoms with Gasteiger partial charge in [0.2, 0.25) is 0 Å². The molecule has 0 aliphatic rings. The molecule has 12 heavy (non-hydrogen) atoms. The number of aromatic nitrogens is 3. The Morgan fingerprint density at radius 3 is 3.08 bits per heavy atom. The molecule has 0 saturated heterocycles. The quantitative estimate of drug-likeness (QED) is 0.688. The summed E-state index contributed by atoms with van der Waals surface area (Å²) in [5, 5.41) is 6.24. The van der Waals surface area contributed by atoms with Crippen LogP contribution in [0, 0.1) is 12.0 Å². The summed E-state index contributed by atoms with van der Waals surface area (Å²) in [6.07, 6.45) is 4.13. The van der Waals surface area contributed by atoms with Crippen molar-refractivity contribution in [1.82, 2.24) is 15.2 Å². The normalized spacial score (nSPS) is 10.1. The van der Waals surface area contributed by atoms with Crippen LogP contribution in [0.2, 0.25) is 0 Å². The first-order chi connectivity index (χ1) is 5.88. The van der Waals surface area contributed by atoms with Gasteiger partial charge in [0.25, 0.3) is 0 Å². The lowest BCUT2D eigenvalue weighted by atomic mass is 10.3. The lowest BCUT2D eigenvalue weighted by molar-refractivity contribution is 0.625. The largest absolute Gasteiger partial charge is 0.276 e. The van der Waals surface area contributed by atoms with E-state index in [0.717, 1.165) is 0 Å². The summed E-state index contributed by atoms with van der Waals surface area (Å²) in [6, 6.07) is 4.43. The zero-order valence-corrected chi connectivity index (χ0v) is 6.08. The predicted molar refractivity (Wildman–Crippen MR) is 40.6 cm³/mol. The van der Waals surface area contributed by atoms with Crippen LogP contribution in [0.25, 0.3) is 11.4 Å². The number of H-pyrrole nitrogens is 1. The van der Waals surface area contributed by atoms with Gasteiger partial charge in [-0.15, -0.1) is 0 Å². The summed E-state index contributed by atoms with van der Waals surface area (Å²) < 4.78 is 13.0. The fourth-order valence-electron chi connectivity index (χ4n) is 0.921. The summed E-state index contributed by atoms with van der Waals surface area (Å²) in [5.41, 5.74) is 0.711. The molecule has 2 rings (SSSR count). The molecule has 1 radical (unpaired) electrons. The molecule has 0 aromatic carbocycles. The summed E-state index contributed by atoms with van der Waals surface area (Å²) in [7, 11) is 0. The van der Waals surface area contributed by atoms with Crippen LogP contribution in [0.1, 0.15) is 0 Å². The first-order valence-electron chi connectivity index (χ1n) is 3.40. The van der Waals surface area contributed by atoms with Crippen LogP contribution in [0.3, 0.4) is 0 Å². The third kappa shape index (κ3) is 1.07. The van der Waals surface area contributed by atoms with Crippen molar-refractivity contribution in [2.75, 3.05) is 0 Å². The summed E-state index contributed by atoms with van der Waals surface area (Å²) in [4.78, 5) is 3.84. The predicted octanol–water partition coefficient (Wildman–Crippen LogP) is 1.41. The van der Waals surface area contributed by atoms with E-state index >= 15 is 0 Å². The Bertz CT molecular complexity index is 370. The molecule has 2 aromatic rings. The molecule has 3 nitrogen and oxygen atoms in total. The molecule has 0 atom stereocenters. The number of rotatable bonds is 1. The maximum Gasteiger partial charge on any atom is 0.151 e. The smallest absolute Gasteiger partial charge is 0.151 e. The van der Waals surface area contributed by atoms with Crippen LogP contribution >= 0.6 is 0 Å². The van der Waals surface area contributed by atoms with Gasteiger partial charge in [0.05, 0.1) is 6.20 Å². The van der Waals surface area contributed by atoms with Crippen LogP contribution in [-0.4, -0.2) is 15.2 Å². The van der Waals surface area contributed by atoms with Crippen LogP contribution in [0.5, 0.6) is 0 Å². The minimum Gasteiger partial charge on any atom is -0.276 e. The second-order valence-electron chi connectivity index (χ2n) is 2.23. The highest BCUT2D eigenvalue weighted by atomic mass is 19.1. The van der Waals surface area contributed by atoms with E-state index in [1.54, 1.807) is 6.07 Å². The molecular formula is C8H5FN3. The van der Waals surface area contributed by atoms with E-state index in [9.17, 15) is 4.39 Å². The molecule has 0 unspecified atom stereocenters. The Hall–Kier alpha value is -1.71. The Balaban J connectivity index is 2.55. The first-order valence-corrected chi connectivity index (χ1v) is 3.40. The Labute approximate surface area is 68.3 Å². The van der Waals surface area contributed by atoms with Gasteiger partial charge in [-0.2, -0.15) is 5.10 Å². The van der Waals surface area contributed by atoms with Gasteiger partial charge in [-0.3, -0.25) is 10.1 Å². The molecule has 0 aliphatic heterocycles. The molecule has 0 fully saturated rings. The number of nitrogens with zero attached hydrogens (tertiary/aromatic N) is 2. The number of aromatic amines is 1. The van der Waals surface area contributed by atoms with Crippen molar-refractivity contribution in [3.05, 3.63) is 36.4 Å². The van der Waals surface area contributed by atoms with E-state index < -0.39 is 0 Å². The molecule has 59 valence electrons. The van der Waals surface area contributed by atoms with Gasteiger partial charge in [0.15, 0.2) is 5.82 Å². The van der Waals surface area contributed by atoms with Crippen molar-refractivity contribution in [1.29, 1.82) is 0 Å². The first kappa shape index (κ1) is 6.97. The highest BCUT2D eigenvalue weighted by Crippen LogP contribution is 2.15. The van der Waals surface area contributed by atoms with E-state index in [2.05, 4.69) is 21.4 Å². The van der Waals surface area contributed by atoms with E-state index in [-0.39, 0.29) is 11.5 Å². The maximum atomic E-state index is 13.0. The van der Waals surface area contributed by atoms with E-state index in [0.29, 0.717) is 5.69 Å². The van der Waals surface area contributed by atoms with Gasteiger partial charge < -0.3 is 0 Å². The molecule has 0 amide bonds. The highest BCUT2D eigenvalue weighted by Gasteiger charge is 2.06. The Kier molecular flexibility index (Phi) is 1.59. The molecular weight excluding hydrogens is 157 g/mol. The van der Waals surface area contributed by atoms with Gasteiger partial charge in [-0.1, -0.05) is 0 Å². The highest BCUT2D eigenvalue weighted by molar-refractivity contribution is 5.53. The van der Waals surface area contributed by atoms with Crippen molar-refractivity contribution in [2.24, 2.45) is 0 Å². The molecule has 0 spiro atoms. The number of nitrogens with one attached hydrogen (secondary N) is 1. The fraction of sp³-hybridized carbons (Fsp3) is 0. The van der Waals surface area contributed by atoms with Gasteiger partial charge in [-0.25, -0.2) is 4.39 Å². The zero-order valence-electron chi connectivity index (χ0n) is 6.08. The van der Waals surface area contributed by atoms with Crippen molar-refractivity contribution in [3.63, 3.8) is 0 Å². The average molecular weight is 162 g/mol. The summed E-state index contributed by atoms with van der Waals surface area (Å²) in [5.74, 6) is -0.377. The van der Waals surface area contributed by atoms with Crippen LogP contribution < -0.4 is 0 Å². The van der Waals surface area contributed by atoms with Crippen molar-refractivity contribution in [3.8, 4) is 11.4 Å². The Morgan fingerprint density at radius 1 is 1.50 bits per heavy atom. The maximum absolute atomic E-state index is 13.0. The molecule has 0 aliphatic carbocycles. The third-order valence-corrected chi connectivity index (χ3v) is 1.45. The molecule has 1 N–H and O–H groups in total. The summed E-state index contributed by atoms with van der Waals surface area (Å²) in [6.45, 7) is 0. The van der Waals surface area contributed by atoms with E-state index in [1.165, 1.54) is 18.3 Å². The average Bonchev–Trinajstić information content (AvgIpc) is 2.57. The molecule has 2 aromatic heterocycles. The van der Waals surface area contributed by atoms with Gasteiger partial charge >= 0.3 is 0 Å². The fourth-order valence-corrected chi connectivity index (χ4v) is 0.921. The molecule has 2 heterocycles. The molecule has 0 saturated carbocycles. The monoisotopic (exact) mass is 162 g/mol. The van der Waals surface area contributed by atoms with Crippen molar-refractivity contribution >= 4 is 0 Å². The minimum absolute atomic E-state index is 0.245. The van der Waals surface area contributed by atoms with Crippen molar-refractivity contribution < 1.29 is 4.39 Å². The van der Waals surface area contributed by atoms with Crippen LogP contribution in [-0.2, 0) is 0 Å². The number of pyridine rings is 1. The van der Waals surface area contributed by atoms with Gasteiger partial charge in [0, 0.05) is 6.20 Å². The third-order valence-electron chi connectivity index (χ3n) is 1.45. The number of hydrogen-bond acceptors (Lipinski definition) is 2. The number of halogens is 1. The lowest BCUT2D eigenvalue weighted by Gasteiger charge is -1.94. The Morgan fingerprint density at radius 2 is 2.42 bits per heavy atom. The second kappa shape index (κ2) is 2.73. The summed E-state index contributed by atoms with van der Waals surface area (Å²) >= 11 is 0. The van der Waals surface area contributed by atoms with E-state index in [1.807, 2.05) is 0 Å². The SMILES string of the molecule is Fc1cccnc1-c1c[c][nH]n1. The topological polar surface area (TPSA) is 41.6 Å². The molecule has 4 heteroatoms. The minimum atomic E-state index is -0.377. The van der Waals surface area contributed by atoms with Crippen LogP contribution in [0.4, 0.5) is 4.39 Å². The van der Waals surface area contributed by atoms with Crippen molar-refractivity contribution in [2.45, 2.75) is 0 Å². The second-order valence-corrected chi connectivity index (χ2v) is 2.23. The standard InChI is InChI=1S/C8H5FN3/c9-6-2-1-4-10-8(6)7-3-5-11-12-7/h1-4H,(H,11,12). The van der Waals surface area contributed by atoms with Gasteiger partial charge in [0.1, 0.15) is 11.4 Å². The zero-order chi connectivity index (χ0) is 8.39. The molecule has 0 bridgehead atoms. The van der Waals surface area contributed by atoms with Gasteiger partial charge in [-0.05, 0) is 18.2 Å². The van der Waals surface area contributed by atoms with E-state index in [4.69, 9.17) is 0 Å². The number of hydrogen-bond donors (Lipinski definition) is 1. The lowest BCUT2D eigenvalue weighted by Crippen LogP contribution is -1.87. The van der Waals surface area contributed by atoms with Crippen LogP contribution in [0.15, 0.2) is 24.4 Å².